The number of hydrogen-bond acceptors (Lipinski definition) is 5. The predicted octanol–water partition coefficient (Wildman–Crippen LogP) is 2.46. The molecule has 0 bridgehead atoms. The Kier molecular flexibility index (Phi) is 8.07. The van der Waals surface area contributed by atoms with Gasteiger partial charge in [0.2, 0.25) is 5.91 Å². The van der Waals surface area contributed by atoms with Gasteiger partial charge in [-0.05, 0) is 25.7 Å². The highest BCUT2D eigenvalue weighted by atomic mass is 35.5. The number of carbonyl (C=O) groups excluding carboxylic acids is 1. The number of aromatic nitrogens is 1. The van der Waals surface area contributed by atoms with Crippen LogP contribution in [0.2, 0.25) is 0 Å². The fourth-order valence-corrected chi connectivity index (χ4v) is 4.16. The molecule has 0 unspecified atom stereocenters. The lowest BCUT2D eigenvalue weighted by Gasteiger charge is -2.35. The van der Waals surface area contributed by atoms with E-state index >= 15 is 0 Å². The number of nitrogens with zero attached hydrogens (tertiary/aromatic N) is 3. The quantitative estimate of drug-likeness (QED) is 0.874. The Balaban J connectivity index is 0.00000132. The Hall–Kier alpha value is -0.560. The van der Waals surface area contributed by atoms with Gasteiger partial charge in [-0.1, -0.05) is 6.42 Å². The molecule has 1 amide bonds. The zero-order valence-corrected chi connectivity index (χ0v) is 15.9. The summed E-state index contributed by atoms with van der Waals surface area (Å²) in [5.41, 5.74) is 7.14. The third kappa shape index (κ3) is 4.95. The molecule has 2 fully saturated rings. The van der Waals surface area contributed by atoms with E-state index in [1.807, 2.05) is 11.8 Å². The van der Waals surface area contributed by atoms with E-state index in [0.717, 1.165) is 49.8 Å². The minimum absolute atomic E-state index is 0. The highest BCUT2D eigenvalue weighted by Crippen LogP contribution is 2.28. The number of hydrogen-bond donors (Lipinski definition) is 1. The summed E-state index contributed by atoms with van der Waals surface area (Å²) in [4.78, 5) is 21.2. The highest BCUT2D eigenvalue weighted by Gasteiger charge is 2.29. The maximum atomic E-state index is 12.4. The van der Waals surface area contributed by atoms with Crippen LogP contribution in [-0.4, -0.2) is 48.0 Å². The van der Waals surface area contributed by atoms with Crippen LogP contribution >= 0.6 is 36.2 Å². The number of carbonyl (C=O) groups is 1. The van der Waals surface area contributed by atoms with Crippen molar-refractivity contribution in [2.45, 2.75) is 38.6 Å². The van der Waals surface area contributed by atoms with Crippen molar-refractivity contribution in [1.82, 2.24) is 9.88 Å². The Morgan fingerprint density at radius 1 is 1.30 bits per heavy atom. The predicted molar refractivity (Wildman–Crippen MR) is 100 cm³/mol. The summed E-state index contributed by atoms with van der Waals surface area (Å²) in [6.07, 6.45) is 4.01. The summed E-state index contributed by atoms with van der Waals surface area (Å²) in [7, 11) is 0. The number of thiazole rings is 1. The zero-order valence-electron chi connectivity index (χ0n) is 13.4. The van der Waals surface area contributed by atoms with E-state index in [1.54, 1.807) is 11.3 Å². The lowest BCUT2D eigenvalue weighted by Crippen LogP contribution is -2.49. The van der Waals surface area contributed by atoms with Crippen LogP contribution in [-0.2, 0) is 4.79 Å². The molecule has 2 atom stereocenters. The van der Waals surface area contributed by atoms with Crippen LogP contribution in [0, 0.1) is 12.8 Å². The van der Waals surface area contributed by atoms with Crippen molar-refractivity contribution in [2.75, 3.05) is 31.1 Å². The molecule has 2 N–H and O–H groups in total. The standard InChI is InChI=1S/C15H24N4OS.2ClH/c1-11-10-21-15(17-11)19-7-5-18(6-8-19)14(20)9-12-3-2-4-13(12)16;;/h10,12-13H,2-9,16H2,1H3;2*1H/t12-,13+;;/m0../s1. The van der Waals surface area contributed by atoms with E-state index in [-0.39, 0.29) is 36.8 Å². The van der Waals surface area contributed by atoms with Crippen molar-refractivity contribution >= 4 is 47.2 Å². The van der Waals surface area contributed by atoms with E-state index in [9.17, 15) is 4.79 Å². The number of anilines is 1. The minimum Gasteiger partial charge on any atom is -0.345 e. The smallest absolute Gasteiger partial charge is 0.223 e. The Morgan fingerprint density at radius 2 is 2.00 bits per heavy atom. The lowest BCUT2D eigenvalue weighted by molar-refractivity contribution is -0.132. The second-order valence-corrected chi connectivity index (χ2v) is 7.03. The molecule has 8 heteroatoms. The molecule has 0 spiro atoms. The average Bonchev–Trinajstić information content (AvgIpc) is 3.08. The molecule has 0 radical (unpaired) electrons. The summed E-state index contributed by atoms with van der Waals surface area (Å²) < 4.78 is 0. The largest absolute Gasteiger partial charge is 0.345 e. The van der Waals surface area contributed by atoms with Gasteiger partial charge in [0.15, 0.2) is 5.13 Å². The van der Waals surface area contributed by atoms with Crippen LogP contribution in [0.15, 0.2) is 5.38 Å². The number of nitrogens with two attached hydrogens (primary N) is 1. The molecular formula is C15H26Cl2N4OS. The Labute approximate surface area is 154 Å². The summed E-state index contributed by atoms with van der Waals surface area (Å²) in [5.74, 6) is 0.685. The van der Waals surface area contributed by atoms with Crippen molar-refractivity contribution in [3.8, 4) is 0 Å². The lowest BCUT2D eigenvalue weighted by atomic mass is 9.99. The third-order valence-corrected chi connectivity index (χ3v) is 5.68. The van der Waals surface area contributed by atoms with Gasteiger partial charge in [-0.3, -0.25) is 4.79 Å². The van der Waals surface area contributed by atoms with Gasteiger partial charge >= 0.3 is 0 Å². The Bertz CT molecular complexity index is 505. The van der Waals surface area contributed by atoms with Gasteiger partial charge in [0.1, 0.15) is 0 Å². The molecule has 132 valence electrons. The van der Waals surface area contributed by atoms with Gasteiger partial charge in [-0.25, -0.2) is 4.98 Å². The fraction of sp³-hybridized carbons (Fsp3) is 0.733. The molecule has 5 nitrogen and oxygen atoms in total. The number of piperazine rings is 1. The number of halogens is 2. The van der Waals surface area contributed by atoms with Gasteiger partial charge in [0, 0.05) is 44.0 Å². The van der Waals surface area contributed by atoms with Gasteiger partial charge < -0.3 is 15.5 Å². The maximum Gasteiger partial charge on any atom is 0.223 e. The summed E-state index contributed by atoms with van der Waals surface area (Å²) in [6.45, 7) is 5.40. The number of aryl methyl sites for hydroxylation is 1. The van der Waals surface area contributed by atoms with Crippen LogP contribution in [0.1, 0.15) is 31.4 Å². The van der Waals surface area contributed by atoms with Gasteiger partial charge in [-0.2, -0.15) is 0 Å². The van der Waals surface area contributed by atoms with Crippen LogP contribution < -0.4 is 10.6 Å². The summed E-state index contributed by atoms with van der Waals surface area (Å²) in [6, 6.07) is 0.230. The second-order valence-electron chi connectivity index (χ2n) is 6.20. The van der Waals surface area contributed by atoms with Crippen molar-refractivity contribution in [3.05, 3.63) is 11.1 Å². The van der Waals surface area contributed by atoms with Crippen LogP contribution in [0.25, 0.3) is 0 Å². The first-order chi connectivity index (χ1) is 10.1. The first-order valence-electron chi connectivity index (χ1n) is 7.84. The van der Waals surface area contributed by atoms with Crippen molar-refractivity contribution < 1.29 is 4.79 Å². The van der Waals surface area contributed by atoms with E-state index in [0.29, 0.717) is 12.3 Å². The van der Waals surface area contributed by atoms with Crippen molar-refractivity contribution in [3.63, 3.8) is 0 Å². The molecule has 1 saturated heterocycles. The first-order valence-corrected chi connectivity index (χ1v) is 8.72. The molecule has 3 rings (SSSR count). The molecular weight excluding hydrogens is 355 g/mol. The van der Waals surface area contributed by atoms with Crippen molar-refractivity contribution in [2.24, 2.45) is 11.7 Å². The van der Waals surface area contributed by atoms with E-state index in [4.69, 9.17) is 5.73 Å². The minimum atomic E-state index is 0. The SMILES string of the molecule is Cc1csc(N2CCN(C(=O)C[C@@H]3CCC[C@H]3N)CC2)n1.Cl.Cl. The number of rotatable bonds is 3. The fourth-order valence-electron chi connectivity index (χ4n) is 3.31. The molecule has 1 aromatic heterocycles. The third-order valence-electron chi connectivity index (χ3n) is 4.66. The van der Waals surface area contributed by atoms with Crippen LogP contribution in [0.5, 0.6) is 0 Å². The molecule has 1 aromatic rings. The topological polar surface area (TPSA) is 62.5 Å². The van der Waals surface area contributed by atoms with Gasteiger partial charge in [0.05, 0.1) is 5.69 Å². The molecule has 2 aliphatic rings. The summed E-state index contributed by atoms with van der Waals surface area (Å²) >= 11 is 1.69. The van der Waals surface area contributed by atoms with Crippen LogP contribution in [0.3, 0.4) is 0 Å². The highest BCUT2D eigenvalue weighted by molar-refractivity contribution is 7.13. The van der Waals surface area contributed by atoms with Crippen molar-refractivity contribution in [1.29, 1.82) is 0 Å². The summed E-state index contributed by atoms with van der Waals surface area (Å²) in [5, 5.41) is 3.16. The van der Waals surface area contributed by atoms with Gasteiger partial charge in [0.25, 0.3) is 0 Å². The molecule has 2 heterocycles. The zero-order chi connectivity index (χ0) is 14.8. The van der Waals surface area contributed by atoms with Gasteiger partial charge in [-0.15, -0.1) is 36.2 Å². The second kappa shape index (κ2) is 9.06. The monoisotopic (exact) mass is 380 g/mol. The molecule has 1 aliphatic heterocycles. The number of amides is 1. The molecule has 1 aliphatic carbocycles. The maximum absolute atomic E-state index is 12.4. The molecule has 0 aromatic carbocycles. The normalized spacial score (nSPS) is 24.1. The van der Waals surface area contributed by atoms with E-state index in [1.165, 1.54) is 6.42 Å². The Morgan fingerprint density at radius 3 is 2.52 bits per heavy atom. The first kappa shape index (κ1) is 20.5. The van der Waals surface area contributed by atoms with E-state index < -0.39 is 0 Å². The van der Waals surface area contributed by atoms with Crippen LogP contribution in [0.4, 0.5) is 5.13 Å². The molecule has 1 saturated carbocycles. The van der Waals surface area contributed by atoms with E-state index in [2.05, 4.69) is 15.3 Å². The average molecular weight is 381 g/mol. The molecule has 23 heavy (non-hydrogen) atoms.